The number of rotatable bonds is 8. The smallest absolute Gasteiger partial charge is 0.191 e. The predicted molar refractivity (Wildman–Crippen MR) is 99.2 cm³/mol. The highest BCUT2D eigenvalue weighted by atomic mass is 32.2. The molecule has 0 aromatic carbocycles. The topological polar surface area (TPSA) is 52.8 Å². The Morgan fingerprint density at radius 3 is 2.83 bits per heavy atom. The molecular formula is C17H30N4OS. The second-order valence-electron chi connectivity index (χ2n) is 5.77. The van der Waals surface area contributed by atoms with Crippen molar-refractivity contribution in [3.05, 3.63) is 24.2 Å². The monoisotopic (exact) mass is 338 g/mol. The van der Waals surface area contributed by atoms with E-state index in [4.69, 9.17) is 9.41 Å². The third kappa shape index (κ3) is 6.11. The molecule has 1 aromatic heterocycles. The van der Waals surface area contributed by atoms with Crippen LogP contribution < -0.4 is 10.6 Å². The molecule has 0 aliphatic carbocycles. The number of guanidine groups is 1. The molecule has 23 heavy (non-hydrogen) atoms. The summed E-state index contributed by atoms with van der Waals surface area (Å²) in [5.41, 5.74) is 0. The molecule has 130 valence electrons. The maximum Gasteiger partial charge on any atom is 0.191 e. The van der Waals surface area contributed by atoms with Crippen LogP contribution in [0, 0.1) is 0 Å². The molecule has 0 spiro atoms. The third-order valence-electron chi connectivity index (χ3n) is 4.07. The first kappa shape index (κ1) is 18.2. The molecule has 1 fully saturated rings. The van der Waals surface area contributed by atoms with Crippen molar-refractivity contribution < 1.29 is 4.42 Å². The number of likely N-dealkylation sites (tertiary alicyclic amines) is 1. The van der Waals surface area contributed by atoms with Gasteiger partial charge < -0.3 is 15.1 Å². The Morgan fingerprint density at radius 2 is 2.17 bits per heavy atom. The minimum atomic E-state index is 0.237. The predicted octanol–water partition coefficient (Wildman–Crippen LogP) is 2.72. The summed E-state index contributed by atoms with van der Waals surface area (Å²) in [6, 6.07) is 4.28. The van der Waals surface area contributed by atoms with Crippen LogP contribution in [-0.2, 0) is 0 Å². The van der Waals surface area contributed by atoms with Crippen LogP contribution in [0.15, 0.2) is 27.8 Å². The lowest BCUT2D eigenvalue weighted by molar-refractivity contribution is 0.150. The number of nitrogens with one attached hydrogen (secondary N) is 2. The average Bonchev–Trinajstić information content (AvgIpc) is 3.10. The highest BCUT2D eigenvalue weighted by Gasteiger charge is 2.24. The van der Waals surface area contributed by atoms with Crippen molar-refractivity contribution in [1.29, 1.82) is 0 Å². The number of hydrogen-bond donors (Lipinski definition) is 2. The van der Waals surface area contributed by atoms with Gasteiger partial charge in [0, 0.05) is 18.8 Å². The van der Waals surface area contributed by atoms with Crippen LogP contribution in [0.4, 0.5) is 0 Å². The van der Waals surface area contributed by atoms with E-state index in [0.717, 1.165) is 50.2 Å². The van der Waals surface area contributed by atoms with Gasteiger partial charge in [-0.15, -0.1) is 0 Å². The molecule has 0 radical (unpaired) electrons. The number of aliphatic imine (C=N–C) groups is 1. The Bertz CT molecular complexity index is 443. The van der Waals surface area contributed by atoms with Crippen LogP contribution in [0.3, 0.4) is 0 Å². The second-order valence-corrected chi connectivity index (χ2v) is 6.75. The largest absolute Gasteiger partial charge is 0.468 e. The molecule has 6 heteroatoms. The quantitative estimate of drug-likeness (QED) is 0.434. The number of furan rings is 1. The highest BCUT2D eigenvalue weighted by Crippen LogP contribution is 2.25. The summed E-state index contributed by atoms with van der Waals surface area (Å²) in [6.45, 7) is 6.90. The zero-order chi connectivity index (χ0) is 16.3. The van der Waals surface area contributed by atoms with Gasteiger partial charge in [0.25, 0.3) is 0 Å². The van der Waals surface area contributed by atoms with Crippen LogP contribution in [0.1, 0.15) is 38.0 Å². The number of hydrogen-bond acceptors (Lipinski definition) is 4. The van der Waals surface area contributed by atoms with Gasteiger partial charge >= 0.3 is 0 Å². The first-order valence-electron chi connectivity index (χ1n) is 8.63. The van der Waals surface area contributed by atoms with E-state index >= 15 is 0 Å². The minimum Gasteiger partial charge on any atom is -0.468 e. The van der Waals surface area contributed by atoms with Crippen molar-refractivity contribution in [2.45, 2.75) is 32.2 Å². The van der Waals surface area contributed by atoms with Crippen molar-refractivity contribution in [3.63, 3.8) is 0 Å². The molecule has 2 N–H and O–H groups in total. The fourth-order valence-electron chi connectivity index (χ4n) is 2.89. The summed E-state index contributed by atoms with van der Waals surface area (Å²) in [4.78, 5) is 7.31. The molecule has 0 bridgehead atoms. The van der Waals surface area contributed by atoms with Crippen LogP contribution in [-0.4, -0.2) is 55.6 Å². The second kappa shape index (κ2) is 10.6. The van der Waals surface area contributed by atoms with Crippen LogP contribution in [0.2, 0.25) is 0 Å². The molecule has 2 heterocycles. The molecule has 1 unspecified atom stereocenters. The molecule has 5 nitrogen and oxygen atoms in total. The molecule has 1 atom stereocenters. The van der Waals surface area contributed by atoms with E-state index in [1.807, 2.05) is 17.8 Å². The van der Waals surface area contributed by atoms with Gasteiger partial charge in [-0.3, -0.25) is 9.89 Å². The molecule has 1 aliphatic rings. The van der Waals surface area contributed by atoms with Crippen molar-refractivity contribution in [1.82, 2.24) is 15.5 Å². The summed E-state index contributed by atoms with van der Waals surface area (Å²) in [7, 11) is 0. The van der Waals surface area contributed by atoms with Crippen LogP contribution in [0.25, 0.3) is 0 Å². The first-order chi connectivity index (χ1) is 11.3. The normalized spacial score (nSPS) is 17.9. The number of nitrogens with zero attached hydrogens (tertiary/aromatic N) is 2. The molecule has 1 saturated heterocycles. The van der Waals surface area contributed by atoms with E-state index in [2.05, 4.69) is 34.8 Å². The van der Waals surface area contributed by atoms with E-state index in [9.17, 15) is 0 Å². The average molecular weight is 339 g/mol. The van der Waals surface area contributed by atoms with E-state index in [-0.39, 0.29) is 6.04 Å². The molecule has 1 aromatic rings. The molecule has 0 amide bonds. The summed E-state index contributed by atoms with van der Waals surface area (Å²) in [6.07, 6.45) is 7.76. The Labute approximate surface area is 144 Å². The summed E-state index contributed by atoms with van der Waals surface area (Å²) < 4.78 is 5.68. The van der Waals surface area contributed by atoms with Gasteiger partial charge in [0.05, 0.1) is 18.8 Å². The van der Waals surface area contributed by atoms with Gasteiger partial charge in [0.1, 0.15) is 5.76 Å². The van der Waals surface area contributed by atoms with Gasteiger partial charge in [-0.05, 0) is 51.2 Å². The van der Waals surface area contributed by atoms with Crippen molar-refractivity contribution >= 4 is 17.7 Å². The van der Waals surface area contributed by atoms with Crippen molar-refractivity contribution in [2.75, 3.05) is 44.7 Å². The van der Waals surface area contributed by atoms with E-state index in [1.165, 1.54) is 19.3 Å². The van der Waals surface area contributed by atoms with Crippen molar-refractivity contribution in [2.24, 2.45) is 4.99 Å². The van der Waals surface area contributed by atoms with Crippen molar-refractivity contribution in [3.8, 4) is 0 Å². The van der Waals surface area contributed by atoms with E-state index in [1.54, 1.807) is 6.26 Å². The fourth-order valence-corrected chi connectivity index (χ4v) is 3.19. The Morgan fingerprint density at radius 1 is 1.35 bits per heavy atom. The summed E-state index contributed by atoms with van der Waals surface area (Å²) in [5.74, 6) is 3.00. The number of thioether (sulfide) groups is 1. The molecule has 1 aliphatic heterocycles. The van der Waals surface area contributed by atoms with Crippen LogP contribution >= 0.6 is 11.8 Å². The van der Waals surface area contributed by atoms with Gasteiger partial charge in [-0.25, -0.2) is 0 Å². The SMILES string of the molecule is CCNC(=NCC(c1ccco1)N1CCCCC1)NCCSC. The third-order valence-corrected chi connectivity index (χ3v) is 4.68. The lowest BCUT2D eigenvalue weighted by atomic mass is 10.1. The lowest BCUT2D eigenvalue weighted by Gasteiger charge is -2.32. The lowest BCUT2D eigenvalue weighted by Crippen LogP contribution is -2.40. The van der Waals surface area contributed by atoms with E-state index < -0.39 is 0 Å². The minimum absolute atomic E-state index is 0.237. The van der Waals surface area contributed by atoms with Gasteiger partial charge in [-0.1, -0.05) is 6.42 Å². The van der Waals surface area contributed by atoms with Gasteiger partial charge in [0.2, 0.25) is 0 Å². The summed E-state index contributed by atoms with van der Waals surface area (Å²) in [5, 5.41) is 6.72. The highest BCUT2D eigenvalue weighted by molar-refractivity contribution is 7.98. The van der Waals surface area contributed by atoms with E-state index in [0.29, 0.717) is 0 Å². The Kier molecular flexibility index (Phi) is 8.39. The molecular weight excluding hydrogens is 308 g/mol. The fraction of sp³-hybridized carbons (Fsp3) is 0.706. The Balaban J connectivity index is 2.01. The standard InChI is InChI=1S/C17H30N4OS/c1-3-18-17(19-9-13-23-2)20-14-15(16-8-7-12-22-16)21-10-5-4-6-11-21/h7-8,12,15H,3-6,9-11,13-14H2,1-2H3,(H2,18,19,20). The first-order valence-corrected chi connectivity index (χ1v) is 10.0. The molecule has 0 saturated carbocycles. The van der Waals surface area contributed by atoms with Gasteiger partial charge in [0.15, 0.2) is 5.96 Å². The maximum absolute atomic E-state index is 5.68. The van der Waals surface area contributed by atoms with Gasteiger partial charge in [-0.2, -0.15) is 11.8 Å². The zero-order valence-corrected chi connectivity index (χ0v) is 15.2. The maximum atomic E-state index is 5.68. The number of piperidine rings is 1. The Hall–Kier alpha value is -1.14. The van der Waals surface area contributed by atoms with Crippen LogP contribution in [0.5, 0.6) is 0 Å². The summed E-state index contributed by atoms with van der Waals surface area (Å²) >= 11 is 1.84. The molecule has 2 rings (SSSR count). The zero-order valence-electron chi connectivity index (χ0n) is 14.4.